The van der Waals surface area contributed by atoms with Gasteiger partial charge in [-0.25, -0.2) is 0 Å². The summed E-state index contributed by atoms with van der Waals surface area (Å²) in [6, 6.07) is 3.99. The van der Waals surface area contributed by atoms with Gasteiger partial charge in [-0.3, -0.25) is 4.79 Å². The summed E-state index contributed by atoms with van der Waals surface area (Å²) in [6.07, 6.45) is 0. The second-order valence-electron chi connectivity index (χ2n) is 4.48. The molecule has 0 aromatic carbocycles. The molecule has 1 N–H and O–H groups in total. The molecule has 0 atom stereocenters. The number of aromatic nitrogens is 1. The van der Waals surface area contributed by atoms with Crippen LogP contribution in [0.25, 0.3) is 10.2 Å². The normalized spacial score (nSPS) is 17.8. The highest BCUT2D eigenvalue weighted by Gasteiger charge is 2.21. The Morgan fingerprint density at radius 2 is 2.12 bits per heavy atom. The summed E-state index contributed by atoms with van der Waals surface area (Å²) in [5.41, 5.74) is 0.719. The molecule has 3 heterocycles. The van der Waals surface area contributed by atoms with Crippen LogP contribution in [-0.4, -0.2) is 53.9 Å². The highest BCUT2D eigenvalue weighted by molar-refractivity contribution is 7.16. The van der Waals surface area contributed by atoms with E-state index in [1.807, 2.05) is 22.4 Å². The molecule has 0 radical (unpaired) electrons. The third kappa shape index (κ3) is 1.96. The zero-order valence-electron chi connectivity index (χ0n) is 9.77. The van der Waals surface area contributed by atoms with Gasteiger partial charge in [-0.05, 0) is 24.6 Å². The van der Waals surface area contributed by atoms with Crippen molar-refractivity contribution in [2.24, 2.45) is 0 Å². The van der Waals surface area contributed by atoms with Gasteiger partial charge in [-0.1, -0.05) is 0 Å². The first-order valence-electron chi connectivity index (χ1n) is 5.78. The van der Waals surface area contributed by atoms with E-state index in [9.17, 15) is 4.79 Å². The third-order valence-corrected chi connectivity index (χ3v) is 4.11. The predicted octanol–water partition coefficient (Wildman–Crippen LogP) is 1.62. The molecule has 1 saturated heterocycles. The maximum atomic E-state index is 12.3. The minimum absolute atomic E-state index is 0.126. The number of nitrogens with one attached hydrogen (secondary N) is 1. The molecule has 0 bridgehead atoms. The molecule has 1 aliphatic rings. The molecule has 17 heavy (non-hydrogen) atoms. The topological polar surface area (TPSA) is 39.3 Å². The van der Waals surface area contributed by atoms with E-state index >= 15 is 0 Å². The Balaban J connectivity index is 1.79. The van der Waals surface area contributed by atoms with Crippen LogP contribution < -0.4 is 0 Å². The molecule has 0 spiro atoms. The zero-order valence-corrected chi connectivity index (χ0v) is 10.6. The average Bonchev–Trinajstić information content (AvgIpc) is 2.89. The van der Waals surface area contributed by atoms with E-state index in [1.165, 1.54) is 0 Å². The number of amides is 1. The highest BCUT2D eigenvalue weighted by Crippen LogP contribution is 2.21. The maximum Gasteiger partial charge on any atom is 0.270 e. The van der Waals surface area contributed by atoms with Crippen molar-refractivity contribution in [2.75, 3.05) is 33.2 Å². The highest BCUT2D eigenvalue weighted by atomic mass is 32.1. The van der Waals surface area contributed by atoms with E-state index in [0.29, 0.717) is 0 Å². The van der Waals surface area contributed by atoms with Gasteiger partial charge in [0.1, 0.15) is 10.5 Å². The summed E-state index contributed by atoms with van der Waals surface area (Å²) in [5, 5.41) is 3.16. The summed E-state index contributed by atoms with van der Waals surface area (Å²) in [4.78, 5) is 20.7. The predicted molar refractivity (Wildman–Crippen MR) is 69.6 cm³/mol. The summed E-state index contributed by atoms with van der Waals surface area (Å²) < 4.78 is 0. The van der Waals surface area contributed by atoms with Crippen molar-refractivity contribution in [3.05, 3.63) is 23.2 Å². The molecular weight excluding hydrogens is 234 g/mol. The van der Waals surface area contributed by atoms with Gasteiger partial charge < -0.3 is 14.8 Å². The van der Waals surface area contributed by atoms with Gasteiger partial charge in [0.05, 0.1) is 0 Å². The van der Waals surface area contributed by atoms with E-state index in [1.54, 1.807) is 11.3 Å². The molecule has 2 aromatic heterocycles. The van der Waals surface area contributed by atoms with Crippen LogP contribution >= 0.6 is 11.3 Å². The summed E-state index contributed by atoms with van der Waals surface area (Å²) in [6.45, 7) is 3.56. The zero-order chi connectivity index (χ0) is 11.8. The molecule has 90 valence electrons. The summed E-state index contributed by atoms with van der Waals surface area (Å²) >= 11 is 1.64. The molecule has 1 fully saturated rings. The van der Waals surface area contributed by atoms with Gasteiger partial charge >= 0.3 is 0 Å². The number of H-pyrrole nitrogens is 1. The van der Waals surface area contributed by atoms with Gasteiger partial charge in [-0.2, -0.15) is 0 Å². The Morgan fingerprint density at radius 3 is 2.82 bits per heavy atom. The number of nitrogens with zero attached hydrogens (tertiary/aromatic N) is 2. The Morgan fingerprint density at radius 1 is 1.35 bits per heavy atom. The number of hydrogen-bond acceptors (Lipinski definition) is 3. The van der Waals surface area contributed by atoms with Gasteiger partial charge in [0.2, 0.25) is 0 Å². The van der Waals surface area contributed by atoms with Crippen LogP contribution in [0.15, 0.2) is 17.5 Å². The number of hydrogen-bond donors (Lipinski definition) is 1. The van der Waals surface area contributed by atoms with Crippen molar-refractivity contribution in [1.29, 1.82) is 0 Å². The number of likely N-dealkylation sites (N-methyl/N-ethyl adjacent to an activating group) is 1. The van der Waals surface area contributed by atoms with Crippen molar-refractivity contribution in [3.8, 4) is 0 Å². The Bertz CT molecular complexity index is 508. The number of aromatic amines is 1. The van der Waals surface area contributed by atoms with Gasteiger partial charge in [0.25, 0.3) is 5.91 Å². The second kappa shape index (κ2) is 4.16. The number of carbonyl (C=O) groups excluding carboxylic acids is 1. The lowest BCUT2D eigenvalue weighted by Gasteiger charge is -2.32. The fourth-order valence-electron chi connectivity index (χ4n) is 2.14. The van der Waals surface area contributed by atoms with Crippen molar-refractivity contribution in [2.45, 2.75) is 0 Å². The van der Waals surface area contributed by atoms with Crippen molar-refractivity contribution < 1.29 is 4.79 Å². The summed E-state index contributed by atoms with van der Waals surface area (Å²) in [7, 11) is 2.09. The molecule has 4 nitrogen and oxygen atoms in total. The first kappa shape index (κ1) is 10.8. The van der Waals surface area contributed by atoms with E-state index in [2.05, 4.69) is 16.9 Å². The van der Waals surface area contributed by atoms with Gasteiger partial charge in [0.15, 0.2) is 0 Å². The molecule has 3 rings (SSSR count). The SMILES string of the molecule is CN1CCN(C(=O)c2cc3ccsc3[nH]2)CC1. The van der Waals surface area contributed by atoms with Crippen molar-refractivity contribution in [1.82, 2.24) is 14.8 Å². The first-order valence-corrected chi connectivity index (χ1v) is 6.66. The Hall–Kier alpha value is -1.33. The average molecular weight is 249 g/mol. The molecule has 0 saturated carbocycles. The molecule has 0 unspecified atom stereocenters. The van der Waals surface area contributed by atoms with Crippen LogP contribution in [0.2, 0.25) is 0 Å². The second-order valence-corrected chi connectivity index (χ2v) is 5.40. The lowest BCUT2D eigenvalue weighted by Crippen LogP contribution is -2.47. The minimum Gasteiger partial charge on any atom is -0.342 e. The maximum absolute atomic E-state index is 12.3. The molecule has 1 aliphatic heterocycles. The van der Waals surface area contributed by atoms with Crippen LogP contribution in [0.4, 0.5) is 0 Å². The van der Waals surface area contributed by atoms with Crippen LogP contribution in [0.5, 0.6) is 0 Å². The number of thiophene rings is 1. The molecular formula is C12H15N3OS. The van der Waals surface area contributed by atoms with Crippen molar-refractivity contribution >= 4 is 27.5 Å². The lowest BCUT2D eigenvalue weighted by molar-refractivity contribution is 0.0659. The third-order valence-electron chi connectivity index (χ3n) is 3.26. The van der Waals surface area contributed by atoms with Crippen LogP contribution in [-0.2, 0) is 0 Å². The van der Waals surface area contributed by atoms with Crippen LogP contribution in [0.3, 0.4) is 0 Å². The Labute approximate surface area is 104 Å². The number of carbonyl (C=O) groups is 1. The Kier molecular flexibility index (Phi) is 2.64. The summed E-state index contributed by atoms with van der Waals surface area (Å²) in [5.74, 6) is 0.126. The molecule has 1 amide bonds. The molecule has 2 aromatic rings. The standard InChI is InChI=1S/C12H15N3OS/c1-14-3-5-15(6-4-14)12(16)10-8-9-2-7-17-11(9)13-10/h2,7-8,13H,3-6H2,1H3. The van der Waals surface area contributed by atoms with Crippen molar-refractivity contribution in [3.63, 3.8) is 0 Å². The van der Waals surface area contributed by atoms with Gasteiger partial charge in [0, 0.05) is 31.6 Å². The fourth-order valence-corrected chi connectivity index (χ4v) is 2.93. The van der Waals surface area contributed by atoms with E-state index in [-0.39, 0.29) is 5.91 Å². The van der Waals surface area contributed by atoms with Gasteiger partial charge in [-0.15, -0.1) is 11.3 Å². The smallest absolute Gasteiger partial charge is 0.270 e. The number of piperazine rings is 1. The molecule has 0 aliphatic carbocycles. The van der Waals surface area contributed by atoms with Crippen LogP contribution in [0, 0.1) is 0 Å². The van der Waals surface area contributed by atoms with E-state index < -0.39 is 0 Å². The largest absolute Gasteiger partial charge is 0.342 e. The first-order chi connectivity index (χ1) is 8.24. The number of rotatable bonds is 1. The quantitative estimate of drug-likeness (QED) is 0.834. The minimum atomic E-state index is 0.126. The number of fused-ring (bicyclic) bond motifs is 1. The fraction of sp³-hybridized carbons (Fsp3) is 0.417. The lowest BCUT2D eigenvalue weighted by atomic mass is 10.3. The van der Waals surface area contributed by atoms with E-state index in [4.69, 9.17) is 0 Å². The molecule has 5 heteroatoms. The van der Waals surface area contributed by atoms with Crippen LogP contribution in [0.1, 0.15) is 10.5 Å². The van der Waals surface area contributed by atoms with E-state index in [0.717, 1.165) is 42.1 Å². The monoisotopic (exact) mass is 249 g/mol.